The molecule has 13 heavy (non-hydrogen) atoms. The van der Waals surface area contributed by atoms with Gasteiger partial charge in [-0.1, -0.05) is 0 Å². The van der Waals surface area contributed by atoms with Crippen molar-refractivity contribution in [2.24, 2.45) is 0 Å². The topological polar surface area (TPSA) is 12.5 Å². The number of hydrogen-bond acceptors (Lipinski definition) is 1. The molecular formula is C11H22OSn. The van der Waals surface area contributed by atoms with Gasteiger partial charge in [-0.3, -0.25) is 0 Å². The number of ether oxygens (including phenoxy) is 1. The second-order valence-corrected chi connectivity index (χ2v) is 21.0. The van der Waals surface area contributed by atoms with Crippen LogP contribution < -0.4 is 0 Å². The van der Waals surface area contributed by atoms with Gasteiger partial charge < -0.3 is 0 Å². The summed E-state index contributed by atoms with van der Waals surface area (Å²) >= 11 is -1.81. The molecule has 2 heteroatoms. The van der Waals surface area contributed by atoms with Crippen LogP contribution in [0.5, 0.6) is 0 Å². The molecule has 0 bridgehead atoms. The van der Waals surface area contributed by atoms with Gasteiger partial charge in [-0.2, -0.15) is 0 Å². The first-order valence-corrected chi connectivity index (χ1v) is 15.7. The van der Waals surface area contributed by atoms with E-state index in [1.807, 2.05) is 0 Å². The van der Waals surface area contributed by atoms with Crippen molar-refractivity contribution >= 4 is 18.4 Å². The van der Waals surface area contributed by atoms with Crippen molar-refractivity contribution in [2.45, 2.75) is 63.1 Å². The molecule has 1 aliphatic carbocycles. The van der Waals surface area contributed by atoms with E-state index in [-0.39, 0.29) is 0 Å². The predicted molar refractivity (Wildman–Crippen MR) is 58.7 cm³/mol. The molecule has 0 aromatic heterocycles. The molecule has 76 valence electrons. The molecular weight excluding hydrogens is 267 g/mol. The molecule has 0 unspecified atom stereocenters. The summed E-state index contributed by atoms with van der Waals surface area (Å²) in [5.74, 6) is 0. The van der Waals surface area contributed by atoms with Crippen LogP contribution >= 0.6 is 0 Å². The number of hydrogen-bond donors (Lipinski definition) is 0. The second-order valence-electron chi connectivity index (χ2n) is 5.70. The minimum absolute atomic E-state index is 0.467. The SMILES string of the molecule is [CH3][Sn]([CH3])([CH3])[C@@]12CCCCCC[C@@H]1O2. The first-order valence-electron chi connectivity index (χ1n) is 5.74. The zero-order valence-electron chi connectivity index (χ0n) is 9.23. The van der Waals surface area contributed by atoms with Crippen molar-refractivity contribution in [1.82, 2.24) is 0 Å². The molecule has 0 aromatic rings. The monoisotopic (exact) mass is 290 g/mol. The molecule has 2 atom stereocenters. The van der Waals surface area contributed by atoms with E-state index in [1.54, 1.807) is 0 Å². The van der Waals surface area contributed by atoms with Crippen molar-refractivity contribution in [3.8, 4) is 0 Å². The fourth-order valence-electron chi connectivity index (χ4n) is 2.84. The van der Waals surface area contributed by atoms with Crippen LogP contribution in [-0.2, 0) is 4.74 Å². The summed E-state index contributed by atoms with van der Waals surface area (Å²) in [6, 6.07) is 0. The van der Waals surface area contributed by atoms with Crippen LogP contribution in [0.25, 0.3) is 0 Å². The van der Waals surface area contributed by atoms with E-state index in [0.717, 1.165) is 0 Å². The Morgan fingerprint density at radius 1 is 1.08 bits per heavy atom. The second kappa shape index (κ2) is 3.41. The first-order chi connectivity index (χ1) is 6.06. The Hall–Kier alpha value is 0.759. The molecule has 1 aliphatic heterocycles. The zero-order chi connectivity index (χ0) is 9.53. The van der Waals surface area contributed by atoms with Crippen molar-refractivity contribution in [3.05, 3.63) is 0 Å². The molecule has 1 saturated heterocycles. The van der Waals surface area contributed by atoms with Crippen LogP contribution in [-0.4, -0.2) is 28.1 Å². The van der Waals surface area contributed by atoms with Gasteiger partial charge in [-0.05, 0) is 0 Å². The average Bonchev–Trinajstić information content (AvgIpc) is 2.61. The van der Waals surface area contributed by atoms with Gasteiger partial charge in [0.2, 0.25) is 0 Å². The van der Waals surface area contributed by atoms with Crippen LogP contribution in [0, 0.1) is 0 Å². The average molecular weight is 289 g/mol. The molecule has 1 saturated carbocycles. The summed E-state index contributed by atoms with van der Waals surface area (Å²) in [7, 11) is 0. The number of rotatable bonds is 1. The van der Waals surface area contributed by atoms with Gasteiger partial charge in [0, 0.05) is 0 Å². The molecule has 1 nitrogen and oxygen atoms in total. The molecule has 1 heterocycles. The van der Waals surface area contributed by atoms with Crippen LogP contribution in [0.15, 0.2) is 0 Å². The van der Waals surface area contributed by atoms with Crippen LogP contribution in [0.3, 0.4) is 0 Å². The Labute approximate surface area is 86.1 Å². The fourth-order valence-corrected chi connectivity index (χ4v) is 10.1. The number of fused-ring (bicyclic) bond motifs is 1. The molecule has 0 N–H and O–H groups in total. The summed E-state index contributed by atoms with van der Waals surface area (Å²) in [5, 5.41) is 0. The van der Waals surface area contributed by atoms with Crippen molar-refractivity contribution in [3.63, 3.8) is 0 Å². The van der Waals surface area contributed by atoms with E-state index in [9.17, 15) is 0 Å². The quantitative estimate of drug-likeness (QED) is 0.532. The van der Waals surface area contributed by atoms with Gasteiger partial charge in [0.25, 0.3) is 0 Å². The van der Waals surface area contributed by atoms with Crippen molar-refractivity contribution in [1.29, 1.82) is 0 Å². The van der Waals surface area contributed by atoms with Gasteiger partial charge in [0.1, 0.15) is 0 Å². The summed E-state index contributed by atoms with van der Waals surface area (Å²) in [6.45, 7) is 0. The van der Waals surface area contributed by atoms with E-state index in [1.165, 1.54) is 38.5 Å². The number of epoxide rings is 1. The Kier molecular flexibility index (Phi) is 2.69. The van der Waals surface area contributed by atoms with Gasteiger partial charge in [0.05, 0.1) is 0 Å². The van der Waals surface area contributed by atoms with Crippen LogP contribution in [0.2, 0.25) is 14.8 Å². The molecule has 2 fully saturated rings. The summed E-state index contributed by atoms with van der Waals surface area (Å²) in [5.41, 5.74) is 0. The molecule has 2 aliphatic rings. The molecule has 0 amide bonds. The van der Waals surface area contributed by atoms with Gasteiger partial charge in [0.15, 0.2) is 0 Å². The molecule has 0 aromatic carbocycles. The summed E-state index contributed by atoms with van der Waals surface area (Å²) < 4.78 is 6.55. The third-order valence-corrected chi connectivity index (χ3v) is 13.1. The van der Waals surface area contributed by atoms with Crippen LogP contribution in [0.1, 0.15) is 38.5 Å². The van der Waals surface area contributed by atoms with E-state index in [2.05, 4.69) is 14.8 Å². The molecule has 2 rings (SSSR count). The van der Waals surface area contributed by atoms with E-state index in [0.29, 0.717) is 9.72 Å². The Bertz CT molecular complexity index is 197. The summed E-state index contributed by atoms with van der Waals surface area (Å²) in [4.78, 5) is 7.61. The third kappa shape index (κ3) is 1.79. The van der Waals surface area contributed by atoms with Gasteiger partial charge in [-0.15, -0.1) is 0 Å². The minimum atomic E-state index is -1.81. The van der Waals surface area contributed by atoms with Gasteiger partial charge >= 0.3 is 86.2 Å². The van der Waals surface area contributed by atoms with E-state index in [4.69, 9.17) is 4.74 Å². The first kappa shape index (κ1) is 10.3. The standard InChI is InChI=1S/C8H13O.3CH3.Sn/c1-2-4-6-8-7(9-8)5-3-1;;;;/h7H,1-6H2;3*1H3;/t7-;;;;/m0..../s1. The molecule has 0 spiro atoms. The zero-order valence-corrected chi connectivity index (χ0v) is 12.1. The van der Waals surface area contributed by atoms with E-state index < -0.39 is 18.4 Å². The Morgan fingerprint density at radius 2 is 1.77 bits per heavy atom. The van der Waals surface area contributed by atoms with Crippen molar-refractivity contribution in [2.75, 3.05) is 0 Å². The normalized spacial score (nSPS) is 40.4. The maximum absolute atomic E-state index is 6.08. The van der Waals surface area contributed by atoms with Gasteiger partial charge in [-0.25, -0.2) is 0 Å². The Balaban J connectivity index is 2.07. The predicted octanol–water partition coefficient (Wildman–Crippen LogP) is 3.36. The maximum atomic E-state index is 6.08. The van der Waals surface area contributed by atoms with Crippen LogP contribution in [0.4, 0.5) is 0 Å². The third-order valence-electron chi connectivity index (χ3n) is 3.85. The fraction of sp³-hybridized carbons (Fsp3) is 1.00. The summed E-state index contributed by atoms with van der Waals surface area (Å²) in [6.07, 6.45) is 9.14. The Morgan fingerprint density at radius 3 is 2.46 bits per heavy atom. The van der Waals surface area contributed by atoms with Crippen molar-refractivity contribution < 1.29 is 4.74 Å². The van der Waals surface area contributed by atoms with E-state index >= 15 is 0 Å². The molecule has 0 radical (unpaired) electrons.